The Kier molecular flexibility index (Phi) is 5.88. The quantitative estimate of drug-likeness (QED) is 0.812. The first-order chi connectivity index (χ1) is 9.28. The molecule has 1 N–H and O–H groups in total. The molecule has 1 rings (SSSR count). The van der Waals surface area contributed by atoms with Gasteiger partial charge >= 0.3 is 11.5 Å². The third-order valence-corrected chi connectivity index (χ3v) is 3.58. The van der Waals surface area contributed by atoms with Crippen LogP contribution in [0.2, 0.25) is 0 Å². The maximum Gasteiger partial charge on any atom is 0.446 e. The number of halogens is 3. The van der Waals surface area contributed by atoms with Crippen LogP contribution in [0.4, 0.5) is 13.2 Å². The Morgan fingerprint density at radius 1 is 1.25 bits per heavy atom. The van der Waals surface area contributed by atoms with Gasteiger partial charge in [-0.25, -0.2) is 0 Å². The van der Waals surface area contributed by atoms with Crippen LogP contribution in [-0.2, 0) is 4.79 Å². The fourth-order valence-corrected chi connectivity index (χ4v) is 2.49. The van der Waals surface area contributed by atoms with E-state index in [-0.39, 0.29) is 16.7 Å². The van der Waals surface area contributed by atoms with Crippen molar-refractivity contribution < 1.29 is 23.1 Å². The van der Waals surface area contributed by atoms with Gasteiger partial charge in [-0.05, 0) is 42.5 Å². The summed E-state index contributed by atoms with van der Waals surface area (Å²) in [7, 11) is 0. The predicted octanol–water partition coefficient (Wildman–Crippen LogP) is 3.77. The molecule has 1 unspecified atom stereocenters. The summed E-state index contributed by atoms with van der Waals surface area (Å²) in [6.45, 7) is 4.78. The largest absolute Gasteiger partial charge is 0.480 e. The lowest BCUT2D eigenvalue weighted by molar-refractivity contribution is -0.143. The highest BCUT2D eigenvalue weighted by molar-refractivity contribution is 8.00. The van der Waals surface area contributed by atoms with Gasteiger partial charge in [-0.15, -0.1) is 0 Å². The van der Waals surface area contributed by atoms with E-state index in [0.29, 0.717) is 18.7 Å². The van der Waals surface area contributed by atoms with Crippen molar-refractivity contribution in [2.75, 3.05) is 13.1 Å². The summed E-state index contributed by atoms with van der Waals surface area (Å²) in [4.78, 5) is 13.1. The Labute approximate surface area is 119 Å². The number of nitrogens with zero attached hydrogens (tertiary/aromatic N) is 1. The molecule has 0 radical (unpaired) electrons. The summed E-state index contributed by atoms with van der Waals surface area (Å²) in [5, 5.41) is 9.29. The molecular formula is C13H16F3NO2S. The fraction of sp³-hybridized carbons (Fsp3) is 0.462. The molecule has 3 nitrogen and oxygen atoms in total. The van der Waals surface area contributed by atoms with Crippen LogP contribution >= 0.6 is 11.8 Å². The minimum Gasteiger partial charge on any atom is -0.480 e. The van der Waals surface area contributed by atoms with Crippen molar-refractivity contribution in [3.8, 4) is 0 Å². The molecule has 0 heterocycles. The molecule has 0 spiro atoms. The summed E-state index contributed by atoms with van der Waals surface area (Å²) in [6.07, 6.45) is 0. The molecule has 0 bridgehead atoms. The van der Waals surface area contributed by atoms with Gasteiger partial charge in [0.05, 0.1) is 0 Å². The fourth-order valence-electron chi connectivity index (χ4n) is 1.95. The lowest BCUT2D eigenvalue weighted by Gasteiger charge is -2.26. The van der Waals surface area contributed by atoms with E-state index in [9.17, 15) is 23.1 Å². The van der Waals surface area contributed by atoms with E-state index >= 15 is 0 Å². The molecule has 0 amide bonds. The second-order valence-electron chi connectivity index (χ2n) is 4.08. The van der Waals surface area contributed by atoms with E-state index in [1.54, 1.807) is 4.90 Å². The molecule has 0 fully saturated rings. The van der Waals surface area contributed by atoms with Crippen molar-refractivity contribution in [1.29, 1.82) is 0 Å². The van der Waals surface area contributed by atoms with E-state index in [1.165, 1.54) is 24.3 Å². The van der Waals surface area contributed by atoms with E-state index in [0.717, 1.165) is 0 Å². The number of benzene rings is 1. The Balaban J connectivity index is 2.97. The van der Waals surface area contributed by atoms with Crippen LogP contribution in [0.15, 0.2) is 29.2 Å². The number of hydrogen-bond acceptors (Lipinski definition) is 3. The molecule has 0 aliphatic rings. The molecule has 20 heavy (non-hydrogen) atoms. The Morgan fingerprint density at radius 2 is 1.75 bits per heavy atom. The zero-order valence-electron chi connectivity index (χ0n) is 11.1. The Bertz CT molecular complexity index is 444. The van der Waals surface area contributed by atoms with Gasteiger partial charge in [0, 0.05) is 4.90 Å². The van der Waals surface area contributed by atoms with Crippen LogP contribution < -0.4 is 0 Å². The molecule has 7 heteroatoms. The number of hydrogen-bond donors (Lipinski definition) is 1. The smallest absolute Gasteiger partial charge is 0.446 e. The van der Waals surface area contributed by atoms with E-state index in [2.05, 4.69) is 0 Å². The van der Waals surface area contributed by atoms with Crippen LogP contribution in [0.3, 0.4) is 0 Å². The minimum absolute atomic E-state index is 0.0462. The summed E-state index contributed by atoms with van der Waals surface area (Å²) in [5.74, 6) is -1.01. The van der Waals surface area contributed by atoms with Crippen LogP contribution in [0.5, 0.6) is 0 Å². The number of alkyl halides is 3. The van der Waals surface area contributed by atoms with E-state index in [1.807, 2.05) is 13.8 Å². The summed E-state index contributed by atoms with van der Waals surface area (Å²) in [5.41, 5.74) is -3.86. The first kappa shape index (κ1) is 16.8. The van der Waals surface area contributed by atoms with Gasteiger partial charge in [0.25, 0.3) is 0 Å². The van der Waals surface area contributed by atoms with E-state index < -0.39 is 17.5 Å². The molecule has 112 valence electrons. The number of carbonyl (C=O) groups is 1. The lowest BCUT2D eigenvalue weighted by Crippen LogP contribution is -2.33. The second kappa shape index (κ2) is 6.99. The maximum atomic E-state index is 12.2. The second-order valence-corrected chi connectivity index (χ2v) is 5.22. The van der Waals surface area contributed by atoms with Crippen molar-refractivity contribution in [3.05, 3.63) is 29.8 Å². The van der Waals surface area contributed by atoms with Crippen LogP contribution in [0, 0.1) is 0 Å². The highest BCUT2D eigenvalue weighted by Gasteiger charge is 2.30. The predicted molar refractivity (Wildman–Crippen MR) is 71.7 cm³/mol. The standard InChI is InChI=1S/C13H16F3NO2S/c1-3-17(4-2)11(12(18)19)9-5-7-10(8-6-9)20-13(14,15)16/h5-8,11H,3-4H2,1-2H3,(H,18,19). The third-order valence-electron chi connectivity index (χ3n) is 2.84. The first-order valence-corrected chi connectivity index (χ1v) is 6.92. The minimum atomic E-state index is -4.34. The van der Waals surface area contributed by atoms with Gasteiger partial charge in [0.2, 0.25) is 0 Å². The molecule has 0 aliphatic heterocycles. The molecule has 1 atom stereocenters. The number of carboxylic acid groups (broad SMARTS) is 1. The van der Waals surface area contributed by atoms with Gasteiger partial charge in [0.1, 0.15) is 6.04 Å². The summed E-state index contributed by atoms with van der Waals surface area (Å²) >= 11 is -0.212. The van der Waals surface area contributed by atoms with Crippen LogP contribution in [0.25, 0.3) is 0 Å². The van der Waals surface area contributed by atoms with Gasteiger partial charge in [-0.1, -0.05) is 26.0 Å². The SMILES string of the molecule is CCN(CC)C(C(=O)O)c1ccc(SC(F)(F)F)cc1. The molecule has 0 saturated carbocycles. The summed E-state index contributed by atoms with van der Waals surface area (Å²) < 4.78 is 36.7. The molecule has 0 aromatic heterocycles. The van der Waals surface area contributed by atoms with Gasteiger partial charge in [0.15, 0.2) is 0 Å². The van der Waals surface area contributed by atoms with Gasteiger partial charge < -0.3 is 5.11 Å². The van der Waals surface area contributed by atoms with Crippen molar-refractivity contribution in [2.45, 2.75) is 30.3 Å². The van der Waals surface area contributed by atoms with Crippen LogP contribution in [-0.4, -0.2) is 34.6 Å². The zero-order valence-corrected chi connectivity index (χ0v) is 12.0. The highest BCUT2D eigenvalue weighted by atomic mass is 32.2. The summed E-state index contributed by atoms with van der Waals surface area (Å²) in [6, 6.07) is 4.63. The average molecular weight is 307 g/mol. The van der Waals surface area contributed by atoms with Crippen molar-refractivity contribution in [1.82, 2.24) is 4.90 Å². The molecule has 1 aromatic carbocycles. The number of aliphatic carboxylic acids is 1. The normalized spacial score (nSPS) is 13.5. The Morgan fingerprint density at radius 3 is 2.10 bits per heavy atom. The average Bonchev–Trinajstić information content (AvgIpc) is 2.35. The molecular weight excluding hydrogens is 291 g/mol. The Hall–Kier alpha value is -1.21. The number of thioether (sulfide) groups is 1. The van der Waals surface area contributed by atoms with Crippen LogP contribution in [0.1, 0.15) is 25.5 Å². The van der Waals surface area contributed by atoms with Crippen molar-refractivity contribution in [2.24, 2.45) is 0 Å². The highest BCUT2D eigenvalue weighted by Crippen LogP contribution is 2.37. The topological polar surface area (TPSA) is 40.5 Å². The number of likely N-dealkylation sites (N-methyl/N-ethyl adjacent to an activating group) is 1. The molecule has 1 aromatic rings. The third kappa shape index (κ3) is 4.72. The number of rotatable bonds is 6. The first-order valence-electron chi connectivity index (χ1n) is 6.11. The zero-order chi connectivity index (χ0) is 15.3. The van der Waals surface area contributed by atoms with Gasteiger partial charge in [-0.2, -0.15) is 13.2 Å². The number of carboxylic acids is 1. The molecule has 0 saturated heterocycles. The van der Waals surface area contributed by atoms with E-state index in [4.69, 9.17) is 0 Å². The van der Waals surface area contributed by atoms with Gasteiger partial charge in [-0.3, -0.25) is 9.69 Å². The van der Waals surface area contributed by atoms with Crippen molar-refractivity contribution >= 4 is 17.7 Å². The lowest BCUT2D eigenvalue weighted by atomic mass is 10.1. The molecule has 0 aliphatic carbocycles. The monoisotopic (exact) mass is 307 g/mol. The maximum absolute atomic E-state index is 12.2. The van der Waals surface area contributed by atoms with Crippen molar-refractivity contribution in [3.63, 3.8) is 0 Å².